The van der Waals surface area contributed by atoms with Crippen molar-refractivity contribution in [2.24, 2.45) is 4.99 Å². The summed E-state index contributed by atoms with van der Waals surface area (Å²) in [5, 5.41) is 6.68. The van der Waals surface area contributed by atoms with Crippen LogP contribution >= 0.6 is 24.0 Å². The smallest absolute Gasteiger partial charge is 0.191 e. The van der Waals surface area contributed by atoms with Gasteiger partial charge in [0, 0.05) is 26.2 Å². The SMILES string of the molecule is CCNC(=NCc1cccc(CN(C)C)c1)NCC1CCCO1.I. The second-order valence-corrected chi connectivity index (χ2v) is 6.27. The molecule has 1 aromatic rings. The summed E-state index contributed by atoms with van der Waals surface area (Å²) in [5.74, 6) is 0.862. The molecule has 0 aliphatic carbocycles. The molecule has 136 valence electrons. The summed E-state index contributed by atoms with van der Waals surface area (Å²) in [4.78, 5) is 6.87. The molecule has 24 heavy (non-hydrogen) atoms. The van der Waals surface area contributed by atoms with Crippen LogP contribution in [0.25, 0.3) is 0 Å². The van der Waals surface area contributed by atoms with Gasteiger partial charge in [0.25, 0.3) is 0 Å². The summed E-state index contributed by atoms with van der Waals surface area (Å²) in [5.41, 5.74) is 2.55. The Kier molecular flexibility index (Phi) is 10.3. The van der Waals surface area contributed by atoms with E-state index in [4.69, 9.17) is 9.73 Å². The van der Waals surface area contributed by atoms with Gasteiger partial charge in [-0.15, -0.1) is 24.0 Å². The number of hydrogen-bond donors (Lipinski definition) is 2. The van der Waals surface area contributed by atoms with E-state index in [1.165, 1.54) is 17.5 Å². The number of halogens is 1. The summed E-state index contributed by atoms with van der Waals surface area (Å²) in [6.07, 6.45) is 2.62. The second-order valence-electron chi connectivity index (χ2n) is 6.27. The third-order valence-electron chi connectivity index (χ3n) is 3.78. The number of nitrogens with zero attached hydrogens (tertiary/aromatic N) is 2. The van der Waals surface area contributed by atoms with Crippen molar-refractivity contribution < 1.29 is 4.74 Å². The van der Waals surface area contributed by atoms with Gasteiger partial charge in [0.2, 0.25) is 0 Å². The topological polar surface area (TPSA) is 48.9 Å². The number of ether oxygens (including phenoxy) is 1. The summed E-state index contributed by atoms with van der Waals surface area (Å²) in [6, 6.07) is 8.63. The Morgan fingerprint density at radius 2 is 2.08 bits per heavy atom. The normalized spacial score (nSPS) is 17.7. The molecule has 2 N–H and O–H groups in total. The van der Waals surface area contributed by atoms with Gasteiger partial charge in [-0.1, -0.05) is 24.3 Å². The van der Waals surface area contributed by atoms with Crippen LogP contribution in [0.1, 0.15) is 30.9 Å². The lowest BCUT2D eigenvalue weighted by Gasteiger charge is -2.15. The monoisotopic (exact) mass is 446 g/mol. The lowest BCUT2D eigenvalue weighted by molar-refractivity contribution is 0.114. The summed E-state index contributed by atoms with van der Waals surface area (Å²) in [6.45, 7) is 6.29. The fraction of sp³-hybridized carbons (Fsp3) is 0.611. The quantitative estimate of drug-likeness (QED) is 0.384. The number of guanidine groups is 1. The Bertz CT molecular complexity index is 502. The standard InChI is InChI=1S/C18H30N4O.HI/c1-4-19-18(21-13-17-9-6-10-23-17)20-12-15-7-5-8-16(11-15)14-22(2)3;/h5,7-8,11,17H,4,6,9-10,12-14H2,1-3H3,(H2,19,20,21);1H. The van der Waals surface area contributed by atoms with Crippen molar-refractivity contribution in [3.8, 4) is 0 Å². The van der Waals surface area contributed by atoms with Gasteiger partial charge in [0.1, 0.15) is 0 Å². The molecule has 0 aromatic heterocycles. The maximum Gasteiger partial charge on any atom is 0.191 e. The molecule has 1 aromatic carbocycles. The summed E-state index contributed by atoms with van der Waals surface area (Å²) in [7, 11) is 4.17. The molecule has 1 saturated heterocycles. The molecular weight excluding hydrogens is 415 g/mol. The van der Waals surface area contributed by atoms with Crippen molar-refractivity contribution in [2.75, 3.05) is 33.8 Å². The van der Waals surface area contributed by atoms with Crippen LogP contribution in [0.5, 0.6) is 0 Å². The fourth-order valence-electron chi connectivity index (χ4n) is 2.72. The first kappa shape index (κ1) is 21.2. The molecule has 1 heterocycles. The Morgan fingerprint density at radius 3 is 2.75 bits per heavy atom. The second kappa shape index (κ2) is 11.7. The highest BCUT2D eigenvalue weighted by Gasteiger charge is 2.15. The molecular formula is C18H31IN4O. The molecule has 6 heteroatoms. The van der Waals surface area contributed by atoms with Crippen molar-refractivity contribution >= 4 is 29.9 Å². The van der Waals surface area contributed by atoms with Crippen LogP contribution in [-0.4, -0.2) is 50.8 Å². The van der Waals surface area contributed by atoms with Crippen LogP contribution in [0, 0.1) is 0 Å². The average Bonchev–Trinajstić information content (AvgIpc) is 3.03. The zero-order valence-electron chi connectivity index (χ0n) is 15.0. The van der Waals surface area contributed by atoms with E-state index < -0.39 is 0 Å². The molecule has 0 radical (unpaired) electrons. The minimum Gasteiger partial charge on any atom is -0.376 e. The Hall–Kier alpha value is -0.860. The Morgan fingerprint density at radius 1 is 1.29 bits per heavy atom. The van der Waals surface area contributed by atoms with Gasteiger partial charge >= 0.3 is 0 Å². The van der Waals surface area contributed by atoms with E-state index >= 15 is 0 Å². The lowest BCUT2D eigenvalue weighted by Crippen LogP contribution is -2.41. The molecule has 1 aliphatic rings. The maximum atomic E-state index is 5.65. The molecule has 5 nitrogen and oxygen atoms in total. The summed E-state index contributed by atoms with van der Waals surface area (Å²) >= 11 is 0. The van der Waals surface area contributed by atoms with E-state index in [0.29, 0.717) is 12.6 Å². The van der Waals surface area contributed by atoms with Gasteiger partial charge in [-0.25, -0.2) is 4.99 Å². The minimum absolute atomic E-state index is 0. The minimum atomic E-state index is 0. The van der Waals surface area contributed by atoms with Gasteiger partial charge in [0.15, 0.2) is 5.96 Å². The average molecular weight is 446 g/mol. The molecule has 1 fully saturated rings. The largest absolute Gasteiger partial charge is 0.376 e. The van der Waals surface area contributed by atoms with Gasteiger partial charge in [0.05, 0.1) is 12.6 Å². The third kappa shape index (κ3) is 7.81. The van der Waals surface area contributed by atoms with Gasteiger partial charge in [-0.3, -0.25) is 0 Å². The Labute approximate surface area is 163 Å². The zero-order chi connectivity index (χ0) is 16.5. The van der Waals surface area contributed by atoms with Crippen molar-refractivity contribution in [3.05, 3.63) is 35.4 Å². The molecule has 1 atom stereocenters. The van der Waals surface area contributed by atoms with Crippen molar-refractivity contribution in [1.29, 1.82) is 0 Å². The highest BCUT2D eigenvalue weighted by molar-refractivity contribution is 14.0. The molecule has 1 aliphatic heterocycles. The lowest BCUT2D eigenvalue weighted by atomic mass is 10.1. The number of nitrogens with one attached hydrogen (secondary N) is 2. The zero-order valence-corrected chi connectivity index (χ0v) is 17.4. The highest BCUT2D eigenvalue weighted by Crippen LogP contribution is 2.11. The van der Waals surface area contributed by atoms with E-state index in [1.807, 2.05) is 0 Å². The number of hydrogen-bond acceptors (Lipinski definition) is 3. The summed E-state index contributed by atoms with van der Waals surface area (Å²) < 4.78 is 5.65. The first-order valence-electron chi connectivity index (χ1n) is 8.53. The van der Waals surface area contributed by atoms with E-state index in [1.54, 1.807) is 0 Å². The predicted molar refractivity (Wildman–Crippen MR) is 111 cm³/mol. The first-order chi connectivity index (χ1) is 11.2. The molecule has 0 saturated carbocycles. The van der Waals surface area contributed by atoms with Crippen LogP contribution in [0.15, 0.2) is 29.3 Å². The van der Waals surface area contributed by atoms with E-state index in [2.05, 4.69) is 60.8 Å². The van der Waals surface area contributed by atoms with Crippen LogP contribution in [0.4, 0.5) is 0 Å². The van der Waals surface area contributed by atoms with Crippen LogP contribution in [0.3, 0.4) is 0 Å². The highest BCUT2D eigenvalue weighted by atomic mass is 127. The number of rotatable bonds is 7. The van der Waals surface area contributed by atoms with Crippen molar-refractivity contribution in [3.63, 3.8) is 0 Å². The molecule has 1 unspecified atom stereocenters. The van der Waals surface area contributed by atoms with Crippen LogP contribution in [-0.2, 0) is 17.8 Å². The van der Waals surface area contributed by atoms with Gasteiger partial charge in [-0.2, -0.15) is 0 Å². The third-order valence-corrected chi connectivity index (χ3v) is 3.78. The molecule has 0 bridgehead atoms. The van der Waals surface area contributed by atoms with Crippen LogP contribution in [0.2, 0.25) is 0 Å². The number of benzene rings is 1. The van der Waals surface area contributed by atoms with Crippen molar-refractivity contribution in [2.45, 2.75) is 39.0 Å². The fourth-order valence-corrected chi connectivity index (χ4v) is 2.72. The van der Waals surface area contributed by atoms with E-state index in [0.717, 1.165) is 38.6 Å². The molecule has 2 rings (SSSR count). The Balaban J connectivity index is 0.00000288. The number of aliphatic imine (C=N–C) groups is 1. The van der Waals surface area contributed by atoms with Gasteiger partial charge < -0.3 is 20.3 Å². The van der Waals surface area contributed by atoms with E-state index in [-0.39, 0.29) is 24.0 Å². The van der Waals surface area contributed by atoms with Gasteiger partial charge in [-0.05, 0) is 45.0 Å². The maximum absolute atomic E-state index is 5.65. The first-order valence-corrected chi connectivity index (χ1v) is 8.53. The molecule has 0 spiro atoms. The predicted octanol–water partition coefficient (Wildman–Crippen LogP) is 2.60. The van der Waals surface area contributed by atoms with E-state index in [9.17, 15) is 0 Å². The van der Waals surface area contributed by atoms with Crippen LogP contribution < -0.4 is 10.6 Å². The van der Waals surface area contributed by atoms with Crippen molar-refractivity contribution in [1.82, 2.24) is 15.5 Å². The molecule has 0 amide bonds.